The van der Waals surface area contributed by atoms with Gasteiger partial charge in [0, 0.05) is 44.2 Å². The van der Waals surface area contributed by atoms with Crippen molar-refractivity contribution in [2.75, 3.05) is 18.9 Å². The molecule has 0 aliphatic rings. The van der Waals surface area contributed by atoms with E-state index in [1.807, 2.05) is 26.1 Å². The Morgan fingerprint density at radius 1 is 1.30 bits per heavy atom. The Balaban J connectivity index is 0.000000216. The Morgan fingerprint density at radius 3 is 2.70 bits per heavy atom. The second-order valence-corrected chi connectivity index (χ2v) is 6.94. The van der Waals surface area contributed by atoms with Gasteiger partial charge < -0.3 is 15.2 Å². The maximum atomic E-state index is 11.9. The number of thiazole rings is 1. The number of imidazole rings is 1. The minimum atomic E-state index is -2.37. The van der Waals surface area contributed by atoms with Crippen molar-refractivity contribution in [1.82, 2.24) is 24.8 Å². The number of carbonyl (C=O) groups excluding carboxylic acids is 1. The third-order valence-corrected chi connectivity index (χ3v) is 4.75. The average Bonchev–Trinajstić information content (AvgIpc) is 3.33. The molecule has 3 aromatic rings. The van der Waals surface area contributed by atoms with Crippen LogP contribution in [0.15, 0.2) is 37.1 Å². The fourth-order valence-electron chi connectivity index (χ4n) is 2.24. The molecule has 10 heteroatoms. The van der Waals surface area contributed by atoms with E-state index in [4.69, 9.17) is 0 Å². The van der Waals surface area contributed by atoms with Gasteiger partial charge in [0.15, 0.2) is 5.13 Å². The lowest BCUT2D eigenvalue weighted by Crippen LogP contribution is -2.14. The number of pyridine rings is 1. The Morgan fingerprint density at radius 2 is 2.07 bits per heavy atom. The van der Waals surface area contributed by atoms with Crippen LogP contribution in [-0.4, -0.2) is 45.9 Å². The van der Waals surface area contributed by atoms with E-state index < -0.39 is 6.43 Å². The fourth-order valence-corrected chi connectivity index (χ4v) is 3.01. The Hall–Kier alpha value is -3.32. The summed E-state index contributed by atoms with van der Waals surface area (Å²) in [7, 11) is 1.86. The molecule has 0 spiro atoms. The summed E-state index contributed by atoms with van der Waals surface area (Å²) in [5.41, 5.74) is 2.63. The van der Waals surface area contributed by atoms with Crippen molar-refractivity contribution in [1.29, 1.82) is 0 Å². The Labute approximate surface area is 177 Å². The molecule has 3 heterocycles. The molecule has 3 aromatic heterocycles. The number of amides is 1. The summed E-state index contributed by atoms with van der Waals surface area (Å²) in [4.78, 5) is 23.1. The molecule has 0 saturated heterocycles. The average molecular weight is 433 g/mol. The number of hydrogen-bond donors (Lipinski definition) is 2. The second kappa shape index (κ2) is 12.3. The molecular weight excluding hydrogens is 410 g/mol. The molecule has 1 amide bonds. The molecule has 158 valence electrons. The van der Waals surface area contributed by atoms with Crippen LogP contribution in [0.2, 0.25) is 0 Å². The molecule has 30 heavy (non-hydrogen) atoms. The predicted molar refractivity (Wildman–Crippen MR) is 113 cm³/mol. The van der Waals surface area contributed by atoms with Gasteiger partial charge in [-0.1, -0.05) is 17.3 Å². The zero-order chi connectivity index (χ0) is 21.8. The van der Waals surface area contributed by atoms with Crippen molar-refractivity contribution in [2.45, 2.75) is 26.3 Å². The molecule has 0 unspecified atom stereocenters. The molecule has 0 radical (unpaired) electrons. The van der Waals surface area contributed by atoms with Gasteiger partial charge in [-0.25, -0.2) is 18.7 Å². The van der Waals surface area contributed by atoms with Crippen molar-refractivity contribution in [3.63, 3.8) is 0 Å². The van der Waals surface area contributed by atoms with Gasteiger partial charge in [0.25, 0.3) is 6.43 Å². The first-order chi connectivity index (χ1) is 14.5. The van der Waals surface area contributed by atoms with E-state index in [1.54, 1.807) is 29.9 Å². The van der Waals surface area contributed by atoms with E-state index in [0.717, 1.165) is 21.3 Å². The summed E-state index contributed by atoms with van der Waals surface area (Å²) < 4.78 is 25.2. The number of aromatic nitrogens is 4. The van der Waals surface area contributed by atoms with Crippen LogP contribution < -0.4 is 10.6 Å². The van der Waals surface area contributed by atoms with Crippen LogP contribution >= 0.6 is 11.3 Å². The number of alkyl halides is 2. The summed E-state index contributed by atoms with van der Waals surface area (Å²) in [5.74, 6) is 6.21. The summed E-state index contributed by atoms with van der Waals surface area (Å²) in [6, 6.07) is 3.78. The Bertz CT molecular complexity index is 978. The van der Waals surface area contributed by atoms with Gasteiger partial charge in [0.2, 0.25) is 6.41 Å². The van der Waals surface area contributed by atoms with Crippen LogP contribution in [-0.2, 0) is 17.8 Å². The largest absolute Gasteiger partial charge is 0.365 e. The van der Waals surface area contributed by atoms with Crippen LogP contribution in [0.25, 0.3) is 0 Å². The van der Waals surface area contributed by atoms with Crippen LogP contribution in [0.1, 0.15) is 21.8 Å². The fraction of sp³-hybridized carbons (Fsp3) is 0.300. The number of rotatable bonds is 7. The lowest BCUT2D eigenvalue weighted by molar-refractivity contribution is -0.109. The second-order valence-electron chi connectivity index (χ2n) is 5.94. The van der Waals surface area contributed by atoms with Crippen molar-refractivity contribution in [2.24, 2.45) is 0 Å². The first kappa shape index (κ1) is 23.0. The topological polar surface area (TPSA) is 84.7 Å². The normalized spacial score (nSPS) is 9.90. The highest BCUT2D eigenvalue weighted by Gasteiger charge is 2.05. The predicted octanol–water partition coefficient (Wildman–Crippen LogP) is 2.72. The molecular formula is C20H22F2N6OS. The third-order valence-electron chi connectivity index (χ3n) is 3.66. The van der Waals surface area contributed by atoms with Gasteiger partial charge >= 0.3 is 0 Å². The van der Waals surface area contributed by atoms with Crippen molar-refractivity contribution in [3.05, 3.63) is 58.9 Å². The first-order valence-electron chi connectivity index (χ1n) is 9.05. The van der Waals surface area contributed by atoms with Crippen LogP contribution in [0, 0.1) is 18.8 Å². The SMILES string of the molecule is CNc1nc(C)c(C#Cc2ccncc2)s1.O=CNCCc1cn(CC(F)F)cn1. The van der Waals surface area contributed by atoms with Gasteiger partial charge in [-0.05, 0) is 25.0 Å². The number of carbonyl (C=O) groups is 1. The van der Waals surface area contributed by atoms with E-state index >= 15 is 0 Å². The van der Waals surface area contributed by atoms with Gasteiger partial charge in [-0.2, -0.15) is 0 Å². The minimum Gasteiger partial charge on any atom is -0.365 e. The first-order valence-corrected chi connectivity index (χ1v) is 9.86. The van der Waals surface area contributed by atoms with Gasteiger partial charge in [0.1, 0.15) is 4.88 Å². The number of nitrogens with one attached hydrogen (secondary N) is 2. The number of nitrogens with zero attached hydrogens (tertiary/aromatic N) is 4. The molecule has 0 aromatic carbocycles. The highest BCUT2D eigenvalue weighted by atomic mass is 32.1. The minimum absolute atomic E-state index is 0.339. The maximum Gasteiger partial charge on any atom is 0.256 e. The number of hydrogen-bond acceptors (Lipinski definition) is 6. The smallest absolute Gasteiger partial charge is 0.256 e. The maximum absolute atomic E-state index is 11.9. The van der Waals surface area contributed by atoms with Crippen molar-refractivity contribution >= 4 is 22.9 Å². The molecule has 0 bridgehead atoms. The molecule has 0 aliphatic heterocycles. The molecule has 0 saturated carbocycles. The van der Waals surface area contributed by atoms with Gasteiger partial charge in [0.05, 0.1) is 24.3 Å². The van der Waals surface area contributed by atoms with Gasteiger partial charge in [-0.15, -0.1) is 0 Å². The zero-order valence-corrected chi connectivity index (χ0v) is 17.4. The molecule has 0 aliphatic carbocycles. The Kier molecular flexibility index (Phi) is 9.40. The van der Waals surface area contributed by atoms with Crippen LogP contribution in [0.3, 0.4) is 0 Å². The van der Waals surface area contributed by atoms with Crippen LogP contribution in [0.5, 0.6) is 0 Å². The summed E-state index contributed by atoms with van der Waals surface area (Å²) in [6.07, 6.45) is 5.17. The number of halogens is 2. The quantitative estimate of drug-likeness (QED) is 0.341. The van der Waals surface area contributed by atoms with Crippen molar-refractivity contribution < 1.29 is 13.6 Å². The summed E-state index contributed by atoms with van der Waals surface area (Å²) >= 11 is 1.57. The van der Waals surface area contributed by atoms with Gasteiger partial charge in [-0.3, -0.25) is 9.78 Å². The standard InChI is InChI=1S/C12H11N3S.C8H11F2N3O/c1-9-11(16-12(13-2)15-9)4-3-10-5-7-14-8-6-10;9-8(10)4-13-3-7(12-5-13)1-2-11-6-14/h5-8H,1-2H3,(H,13,15);3,5-6,8H,1-2,4H2,(H,11,14). The number of aryl methyl sites for hydroxylation is 1. The van der Waals surface area contributed by atoms with E-state index in [2.05, 4.69) is 37.4 Å². The van der Waals surface area contributed by atoms with E-state index in [9.17, 15) is 13.6 Å². The number of anilines is 1. The van der Waals surface area contributed by atoms with Crippen molar-refractivity contribution in [3.8, 4) is 11.8 Å². The molecule has 0 atom stereocenters. The molecule has 2 N–H and O–H groups in total. The van der Waals surface area contributed by atoms with E-state index in [1.165, 1.54) is 10.9 Å². The summed E-state index contributed by atoms with van der Waals surface area (Å²) in [6.45, 7) is 2.09. The molecule has 3 rings (SSSR count). The zero-order valence-electron chi connectivity index (χ0n) is 16.6. The molecule has 7 nitrogen and oxygen atoms in total. The lowest BCUT2D eigenvalue weighted by Gasteiger charge is -1.98. The highest BCUT2D eigenvalue weighted by molar-refractivity contribution is 7.16. The van der Waals surface area contributed by atoms with E-state index in [-0.39, 0.29) is 6.54 Å². The van der Waals surface area contributed by atoms with E-state index in [0.29, 0.717) is 25.1 Å². The lowest BCUT2D eigenvalue weighted by atomic mass is 10.2. The third kappa shape index (κ3) is 7.97. The molecule has 0 fully saturated rings. The monoisotopic (exact) mass is 432 g/mol. The van der Waals surface area contributed by atoms with Crippen LogP contribution in [0.4, 0.5) is 13.9 Å². The summed E-state index contributed by atoms with van der Waals surface area (Å²) in [5, 5.41) is 6.38. The highest BCUT2D eigenvalue weighted by Crippen LogP contribution is 2.20.